The molecule has 0 saturated carbocycles. The summed E-state index contributed by atoms with van der Waals surface area (Å²) in [5.41, 5.74) is 9.37. The van der Waals surface area contributed by atoms with Crippen molar-refractivity contribution in [2.24, 2.45) is 5.11 Å². The smallest absolute Gasteiger partial charge is 0.0563 e. The molecule has 0 aliphatic rings. The first kappa shape index (κ1) is 10.9. The molecule has 0 saturated heterocycles. The van der Waals surface area contributed by atoms with Gasteiger partial charge in [0.1, 0.15) is 0 Å². The topological polar surface area (TPSA) is 48.8 Å². The van der Waals surface area contributed by atoms with E-state index >= 15 is 0 Å². The monoisotopic (exact) mass is 253 g/mol. The van der Waals surface area contributed by atoms with E-state index in [4.69, 9.17) is 17.1 Å². The number of halogens is 1. The highest BCUT2D eigenvalue weighted by Gasteiger charge is 2.10. The summed E-state index contributed by atoms with van der Waals surface area (Å²) in [6, 6.07) is 15.3. The fourth-order valence-corrected chi connectivity index (χ4v) is 2.53. The van der Waals surface area contributed by atoms with Crippen LogP contribution in [0.15, 0.2) is 53.6 Å². The first-order valence-electron chi connectivity index (χ1n) is 5.47. The fraction of sp³-hybridized carbons (Fsp3) is 0. The second-order valence-corrected chi connectivity index (χ2v) is 4.32. The summed E-state index contributed by atoms with van der Waals surface area (Å²) in [5.74, 6) is 0. The summed E-state index contributed by atoms with van der Waals surface area (Å²) in [6.45, 7) is 0. The number of fused-ring (bicyclic) bond motifs is 2. The lowest BCUT2D eigenvalue weighted by molar-refractivity contribution is 1.54. The minimum atomic E-state index is 0.633. The number of azide groups is 1. The van der Waals surface area contributed by atoms with Gasteiger partial charge in [-0.25, -0.2) is 0 Å². The van der Waals surface area contributed by atoms with Gasteiger partial charge in [-0.05, 0) is 16.3 Å². The van der Waals surface area contributed by atoms with Crippen LogP contribution in [0.2, 0.25) is 5.02 Å². The van der Waals surface area contributed by atoms with Crippen LogP contribution < -0.4 is 0 Å². The molecule has 3 nitrogen and oxygen atoms in total. The van der Waals surface area contributed by atoms with Crippen molar-refractivity contribution in [3.05, 3.63) is 64.0 Å². The van der Waals surface area contributed by atoms with Gasteiger partial charge in [-0.2, -0.15) is 0 Å². The maximum atomic E-state index is 8.73. The van der Waals surface area contributed by atoms with Gasteiger partial charge < -0.3 is 0 Å². The van der Waals surface area contributed by atoms with E-state index in [2.05, 4.69) is 10.0 Å². The molecule has 0 atom stereocenters. The summed E-state index contributed by atoms with van der Waals surface area (Å²) in [7, 11) is 0. The molecule has 3 aromatic carbocycles. The lowest BCUT2D eigenvalue weighted by atomic mass is 10.0. The van der Waals surface area contributed by atoms with E-state index in [-0.39, 0.29) is 0 Å². The molecule has 0 fully saturated rings. The van der Waals surface area contributed by atoms with Crippen LogP contribution in [0.1, 0.15) is 0 Å². The second-order valence-electron chi connectivity index (χ2n) is 3.94. The molecule has 4 heteroatoms. The van der Waals surface area contributed by atoms with E-state index in [1.54, 1.807) is 0 Å². The molecule has 18 heavy (non-hydrogen) atoms. The van der Waals surface area contributed by atoms with E-state index in [0.29, 0.717) is 10.7 Å². The van der Waals surface area contributed by atoms with E-state index in [1.807, 2.05) is 48.5 Å². The van der Waals surface area contributed by atoms with E-state index in [1.165, 1.54) is 0 Å². The van der Waals surface area contributed by atoms with Crippen LogP contribution in [0.5, 0.6) is 0 Å². The maximum absolute atomic E-state index is 8.73. The zero-order chi connectivity index (χ0) is 12.5. The molecule has 0 unspecified atom stereocenters. The summed E-state index contributed by atoms with van der Waals surface area (Å²) < 4.78 is 0. The van der Waals surface area contributed by atoms with E-state index in [0.717, 1.165) is 21.5 Å². The zero-order valence-electron chi connectivity index (χ0n) is 9.34. The van der Waals surface area contributed by atoms with Gasteiger partial charge in [0.05, 0.1) is 10.7 Å². The van der Waals surface area contributed by atoms with Crippen molar-refractivity contribution in [2.75, 3.05) is 0 Å². The predicted molar refractivity (Wildman–Crippen MR) is 75.3 cm³/mol. The third kappa shape index (κ3) is 1.50. The Morgan fingerprint density at radius 1 is 0.833 bits per heavy atom. The Balaban J connectivity index is 2.67. The van der Waals surface area contributed by atoms with Crippen LogP contribution >= 0.6 is 11.6 Å². The Hall–Kier alpha value is -2.22. The van der Waals surface area contributed by atoms with Gasteiger partial charge in [0.15, 0.2) is 0 Å². The largest absolute Gasteiger partial charge is 0.0830 e. The molecular weight excluding hydrogens is 246 g/mol. The van der Waals surface area contributed by atoms with Gasteiger partial charge in [-0.1, -0.05) is 65.2 Å². The minimum absolute atomic E-state index is 0.633. The first-order chi connectivity index (χ1) is 8.83. The number of rotatable bonds is 1. The van der Waals surface area contributed by atoms with Gasteiger partial charge >= 0.3 is 0 Å². The molecule has 86 valence electrons. The Morgan fingerprint density at radius 3 is 1.72 bits per heavy atom. The van der Waals surface area contributed by atoms with Crippen molar-refractivity contribution in [3.63, 3.8) is 0 Å². The van der Waals surface area contributed by atoms with Gasteiger partial charge in [-0.3, -0.25) is 0 Å². The number of nitrogens with zero attached hydrogens (tertiary/aromatic N) is 3. The van der Waals surface area contributed by atoms with Gasteiger partial charge in [0, 0.05) is 15.7 Å². The molecule has 0 spiro atoms. The normalized spacial score (nSPS) is 10.5. The van der Waals surface area contributed by atoms with Gasteiger partial charge in [0.25, 0.3) is 0 Å². The third-order valence-electron chi connectivity index (χ3n) is 2.98. The summed E-state index contributed by atoms with van der Waals surface area (Å²) >= 11 is 6.41. The highest BCUT2D eigenvalue weighted by Crippen LogP contribution is 2.40. The molecule has 0 aliphatic heterocycles. The van der Waals surface area contributed by atoms with E-state index in [9.17, 15) is 0 Å². The summed E-state index contributed by atoms with van der Waals surface area (Å²) in [6.07, 6.45) is 0. The molecular formula is C14H8ClN3. The number of benzene rings is 3. The molecule has 0 amide bonds. The molecule has 0 aromatic heterocycles. The number of hydrogen-bond donors (Lipinski definition) is 0. The van der Waals surface area contributed by atoms with Crippen molar-refractivity contribution in [1.29, 1.82) is 0 Å². The lowest BCUT2D eigenvalue weighted by Gasteiger charge is -2.09. The number of hydrogen-bond acceptors (Lipinski definition) is 1. The summed E-state index contributed by atoms with van der Waals surface area (Å²) in [4.78, 5) is 2.92. The Morgan fingerprint density at radius 2 is 1.28 bits per heavy atom. The quantitative estimate of drug-likeness (QED) is 0.235. The average Bonchev–Trinajstić information content (AvgIpc) is 2.43. The van der Waals surface area contributed by atoms with Crippen LogP contribution in [0.25, 0.3) is 32.0 Å². The molecule has 0 aliphatic carbocycles. The lowest BCUT2D eigenvalue weighted by Crippen LogP contribution is -1.80. The first-order valence-corrected chi connectivity index (χ1v) is 5.85. The highest BCUT2D eigenvalue weighted by atomic mass is 35.5. The van der Waals surface area contributed by atoms with Crippen LogP contribution in [-0.2, 0) is 0 Å². The van der Waals surface area contributed by atoms with Crippen LogP contribution in [-0.4, -0.2) is 0 Å². The molecule has 3 aromatic rings. The Kier molecular flexibility index (Phi) is 2.56. The minimum Gasteiger partial charge on any atom is -0.0830 e. The second kappa shape index (κ2) is 4.22. The third-order valence-corrected chi connectivity index (χ3v) is 3.39. The molecule has 0 radical (unpaired) electrons. The summed E-state index contributed by atoms with van der Waals surface area (Å²) in [5, 5.41) is 8.07. The fourth-order valence-electron chi connectivity index (χ4n) is 2.20. The molecule has 0 N–H and O–H groups in total. The molecule has 0 bridgehead atoms. The van der Waals surface area contributed by atoms with Crippen LogP contribution in [0.4, 0.5) is 5.69 Å². The zero-order valence-corrected chi connectivity index (χ0v) is 10.1. The molecule has 3 rings (SSSR count). The van der Waals surface area contributed by atoms with Crippen molar-refractivity contribution in [1.82, 2.24) is 0 Å². The van der Waals surface area contributed by atoms with Gasteiger partial charge in [-0.15, -0.1) is 0 Å². The molecule has 0 heterocycles. The van der Waals surface area contributed by atoms with Crippen molar-refractivity contribution in [2.45, 2.75) is 0 Å². The highest BCUT2D eigenvalue weighted by molar-refractivity contribution is 6.42. The standard InChI is InChI=1S/C14H8ClN3/c15-13-9-5-1-3-7-11(9)14(17-18-16)12-8-4-2-6-10(12)13/h1-8H. The Bertz CT molecular complexity index is 748. The van der Waals surface area contributed by atoms with Crippen molar-refractivity contribution >= 4 is 38.8 Å². The van der Waals surface area contributed by atoms with Gasteiger partial charge in [0.2, 0.25) is 0 Å². The van der Waals surface area contributed by atoms with E-state index < -0.39 is 0 Å². The Labute approximate surface area is 108 Å². The van der Waals surface area contributed by atoms with Crippen molar-refractivity contribution in [3.8, 4) is 0 Å². The SMILES string of the molecule is [N-]=[N+]=Nc1c2ccccc2c(Cl)c2ccccc12. The maximum Gasteiger partial charge on any atom is 0.0563 e. The average molecular weight is 254 g/mol. The van der Waals surface area contributed by atoms with Crippen LogP contribution in [0, 0.1) is 0 Å². The van der Waals surface area contributed by atoms with Crippen LogP contribution in [0.3, 0.4) is 0 Å². The predicted octanol–water partition coefficient (Wildman–Crippen LogP) is 5.59. The van der Waals surface area contributed by atoms with Crippen molar-refractivity contribution < 1.29 is 0 Å².